The molecule has 4 N–H and O–H groups in total. The fourth-order valence-corrected chi connectivity index (χ4v) is 4.26. The highest BCUT2D eigenvalue weighted by atomic mass is 16.3. The molecule has 4 aromatic rings. The van der Waals surface area contributed by atoms with Crippen LogP contribution in [0.2, 0.25) is 0 Å². The van der Waals surface area contributed by atoms with Gasteiger partial charge in [0.15, 0.2) is 5.88 Å². The lowest BCUT2D eigenvalue weighted by Crippen LogP contribution is -2.15. The van der Waals surface area contributed by atoms with Crippen molar-refractivity contribution in [3.63, 3.8) is 0 Å². The molecule has 5 rings (SSSR count). The Morgan fingerprint density at radius 3 is 2.43 bits per heavy atom. The van der Waals surface area contributed by atoms with Crippen LogP contribution in [0.1, 0.15) is 29.2 Å². The summed E-state index contributed by atoms with van der Waals surface area (Å²) in [7, 11) is 0. The fraction of sp³-hybridized carbons (Fsp3) is 0.160. The average molecular weight is 396 g/mol. The Kier molecular flexibility index (Phi) is 4.52. The van der Waals surface area contributed by atoms with Crippen LogP contribution in [0.5, 0.6) is 5.88 Å². The molecule has 1 aromatic heterocycles. The van der Waals surface area contributed by atoms with Gasteiger partial charge in [-0.2, -0.15) is 0 Å². The number of rotatable bonds is 4. The van der Waals surface area contributed by atoms with Gasteiger partial charge in [0.05, 0.1) is 17.0 Å². The van der Waals surface area contributed by atoms with Crippen LogP contribution in [-0.2, 0) is 19.6 Å². The molecule has 5 nitrogen and oxygen atoms in total. The number of fused-ring (bicyclic) bond motifs is 2. The van der Waals surface area contributed by atoms with Crippen molar-refractivity contribution in [1.82, 2.24) is 9.88 Å². The molecule has 0 radical (unpaired) electrons. The van der Waals surface area contributed by atoms with Gasteiger partial charge >= 0.3 is 0 Å². The van der Waals surface area contributed by atoms with E-state index < -0.39 is 0 Å². The van der Waals surface area contributed by atoms with Crippen molar-refractivity contribution in [3.8, 4) is 5.88 Å². The van der Waals surface area contributed by atoms with E-state index in [1.165, 1.54) is 16.7 Å². The maximum Gasteiger partial charge on any atom is 0.198 e. The first-order valence-corrected chi connectivity index (χ1v) is 10.1. The summed E-state index contributed by atoms with van der Waals surface area (Å²) in [5.41, 5.74) is 13.8. The van der Waals surface area contributed by atoms with Crippen LogP contribution in [-0.4, -0.2) is 20.7 Å². The topological polar surface area (TPSA) is 77.6 Å². The number of aliphatic imine (C=N–C) groups is 1. The third-order valence-corrected chi connectivity index (χ3v) is 5.71. The average Bonchev–Trinajstić information content (AvgIpc) is 3.28. The number of anilines is 1. The van der Waals surface area contributed by atoms with E-state index in [4.69, 9.17) is 10.7 Å². The molecule has 3 aromatic carbocycles. The van der Waals surface area contributed by atoms with Crippen molar-refractivity contribution >= 4 is 28.0 Å². The van der Waals surface area contributed by atoms with Crippen LogP contribution in [0.15, 0.2) is 71.7 Å². The van der Waals surface area contributed by atoms with E-state index in [9.17, 15) is 5.11 Å². The predicted molar refractivity (Wildman–Crippen MR) is 122 cm³/mol. The number of nitrogen functional groups attached to an aromatic ring is 1. The molecule has 2 heterocycles. The number of hydrogen-bond acceptors (Lipinski definition) is 4. The summed E-state index contributed by atoms with van der Waals surface area (Å²) in [6.45, 7) is 4.82. The number of aromatic hydroxyl groups is 1. The maximum atomic E-state index is 10.4. The molecule has 150 valence electrons. The second kappa shape index (κ2) is 7.35. The predicted octanol–water partition coefficient (Wildman–Crippen LogP) is 5.11. The van der Waals surface area contributed by atoms with Gasteiger partial charge in [0.25, 0.3) is 0 Å². The Bertz CT molecular complexity index is 1230. The first-order valence-electron chi connectivity index (χ1n) is 10.1. The van der Waals surface area contributed by atoms with Gasteiger partial charge in [-0.25, -0.2) is 0 Å². The summed E-state index contributed by atoms with van der Waals surface area (Å²) in [5, 5.41) is 11.2. The number of nitrogens with one attached hydrogen (secondary N) is 1. The monoisotopic (exact) mass is 396 g/mol. The van der Waals surface area contributed by atoms with Gasteiger partial charge in [0.1, 0.15) is 0 Å². The van der Waals surface area contributed by atoms with Gasteiger partial charge in [-0.1, -0.05) is 36.4 Å². The second-order valence-electron chi connectivity index (χ2n) is 7.93. The van der Waals surface area contributed by atoms with Crippen LogP contribution in [0.25, 0.3) is 10.9 Å². The highest BCUT2D eigenvalue weighted by Gasteiger charge is 2.18. The minimum atomic E-state index is 0.113. The van der Waals surface area contributed by atoms with Crippen molar-refractivity contribution in [2.45, 2.75) is 26.6 Å². The SMILES string of the molecule is CC(=Nc1ccc(CN2Cc3ccccc3C2)cc1)c1c(O)[nH]c2ccc(N)cc12. The van der Waals surface area contributed by atoms with E-state index >= 15 is 0 Å². The Hall–Kier alpha value is -3.57. The van der Waals surface area contributed by atoms with Crippen LogP contribution in [0.3, 0.4) is 0 Å². The number of benzene rings is 3. The molecular weight excluding hydrogens is 372 g/mol. The third-order valence-electron chi connectivity index (χ3n) is 5.71. The van der Waals surface area contributed by atoms with Crippen LogP contribution in [0.4, 0.5) is 11.4 Å². The van der Waals surface area contributed by atoms with Gasteiger partial charge in [-0.05, 0) is 53.9 Å². The van der Waals surface area contributed by atoms with Crippen molar-refractivity contribution in [2.75, 3.05) is 5.73 Å². The summed E-state index contributed by atoms with van der Waals surface area (Å²) < 4.78 is 0. The molecule has 0 saturated carbocycles. The summed E-state index contributed by atoms with van der Waals surface area (Å²) in [5.74, 6) is 0.113. The van der Waals surface area contributed by atoms with Crippen LogP contribution < -0.4 is 5.73 Å². The molecule has 0 atom stereocenters. The molecule has 5 heteroatoms. The Balaban J connectivity index is 1.34. The van der Waals surface area contributed by atoms with Crippen molar-refractivity contribution in [2.24, 2.45) is 4.99 Å². The second-order valence-corrected chi connectivity index (χ2v) is 7.93. The third kappa shape index (κ3) is 3.44. The highest BCUT2D eigenvalue weighted by molar-refractivity contribution is 6.13. The van der Waals surface area contributed by atoms with Gasteiger partial charge in [0.2, 0.25) is 0 Å². The summed E-state index contributed by atoms with van der Waals surface area (Å²) >= 11 is 0. The normalized spacial score (nSPS) is 14.4. The van der Waals surface area contributed by atoms with Crippen LogP contribution in [0, 0.1) is 0 Å². The molecule has 1 aliphatic heterocycles. The highest BCUT2D eigenvalue weighted by Crippen LogP contribution is 2.30. The summed E-state index contributed by atoms with van der Waals surface area (Å²) in [6, 6.07) is 22.5. The van der Waals surface area contributed by atoms with Gasteiger partial charge < -0.3 is 15.8 Å². The lowest BCUT2D eigenvalue weighted by molar-refractivity contribution is 0.275. The molecule has 0 aliphatic carbocycles. The van der Waals surface area contributed by atoms with Crippen molar-refractivity contribution in [3.05, 3.63) is 89.0 Å². The summed E-state index contributed by atoms with van der Waals surface area (Å²) in [4.78, 5) is 10.2. The fourth-order valence-electron chi connectivity index (χ4n) is 4.26. The lowest BCUT2D eigenvalue weighted by Gasteiger charge is -2.14. The molecule has 0 saturated heterocycles. The van der Waals surface area contributed by atoms with Crippen molar-refractivity contribution < 1.29 is 5.11 Å². The van der Waals surface area contributed by atoms with Crippen LogP contribution >= 0.6 is 0 Å². The molecule has 0 spiro atoms. The largest absolute Gasteiger partial charge is 0.494 e. The van der Waals surface area contributed by atoms with Gasteiger partial charge in [0, 0.05) is 36.2 Å². The van der Waals surface area contributed by atoms with Crippen molar-refractivity contribution in [1.29, 1.82) is 0 Å². The molecular formula is C25H24N4O. The van der Waals surface area contributed by atoms with E-state index in [1.54, 1.807) is 0 Å². The summed E-state index contributed by atoms with van der Waals surface area (Å²) in [6.07, 6.45) is 0. The number of nitrogens with two attached hydrogens (primary N) is 1. The molecule has 0 amide bonds. The van der Waals surface area contributed by atoms with E-state index in [2.05, 4.69) is 46.3 Å². The first-order chi connectivity index (χ1) is 14.6. The first kappa shape index (κ1) is 18.5. The molecule has 1 aliphatic rings. The zero-order valence-electron chi connectivity index (χ0n) is 16.9. The molecule has 0 fully saturated rings. The molecule has 30 heavy (non-hydrogen) atoms. The number of aromatic nitrogens is 1. The Morgan fingerprint density at radius 2 is 1.73 bits per heavy atom. The number of H-pyrrole nitrogens is 1. The van der Waals surface area contributed by atoms with E-state index in [1.807, 2.05) is 37.3 Å². The lowest BCUT2D eigenvalue weighted by atomic mass is 10.1. The Morgan fingerprint density at radius 1 is 1.03 bits per heavy atom. The molecule has 0 unspecified atom stereocenters. The standard InChI is InChI=1S/C25H24N4O/c1-16(24-22-12-20(26)8-11-23(22)28-25(24)30)27-21-9-6-17(7-10-21)13-29-14-18-4-2-3-5-19(18)15-29/h2-12,28,30H,13-15,26H2,1H3. The zero-order chi connectivity index (χ0) is 20.7. The van der Waals surface area contributed by atoms with Gasteiger partial charge in [-0.15, -0.1) is 0 Å². The quantitative estimate of drug-likeness (QED) is 0.331. The Labute approximate surface area is 175 Å². The zero-order valence-corrected chi connectivity index (χ0v) is 16.9. The number of hydrogen-bond donors (Lipinski definition) is 3. The van der Waals surface area contributed by atoms with E-state index in [0.717, 1.165) is 41.9 Å². The number of nitrogens with zero attached hydrogens (tertiary/aromatic N) is 2. The maximum absolute atomic E-state index is 10.4. The number of aromatic amines is 1. The molecule has 0 bridgehead atoms. The van der Waals surface area contributed by atoms with E-state index in [0.29, 0.717) is 11.3 Å². The minimum absolute atomic E-state index is 0.113. The minimum Gasteiger partial charge on any atom is -0.494 e. The van der Waals surface area contributed by atoms with E-state index in [-0.39, 0.29) is 5.88 Å². The smallest absolute Gasteiger partial charge is 0.198 e. The van der Waals surface area contributed by atoms with Gasteiger partial charge in [-0.3, -0.25) is 9.89 Å².